The molecule has 5 heteroatoms. The average molecular weight is 298 g/mol. The highest BCUT2D eigenvalue weighted by Gasteiger charge is 2.10. The van der Waals surface area contributed by atoms with Crippen LogP contribution in [-0.4, -0.2) is 9.97 Å². The van der Waals surface area contributed by atoms with Crippen molar-refractivity contribution in [3.05, 3.63) is 46.3 Å². The van der Waals surface area contributed by atoms with Crippen molar-refractivity contribution in [2.45, 2.75) is 26.8 Å². The number of aryl methyl sites for hydroxylation is 2. The van der Waals surface area contributed by atoms with Gasteiger partial charge >= 0.3 is 0 Å². The Hall–Kier alpha value is -2.14. The standard InChI is InChI=1S/C16H18N4S/c1-3-12-8-13-14(19-16(17)20-15(13)21-12)18-9-11-6-4-5-10(2)7-11/h4-8H,3,9H2,1-2H3,(H3,17,18,19,20). The predicted molar refractivity (Wildman–Crippen MR) is 89.7 cm³/mol. The Morgan fingerprint density at radius 1 is 1.24 bits per heavy atom. The molecule has 0 aliphatic heterocycles. The number of benzene rings is 1. The van der Waals surface area contributed by atoms with Crippen LogP contribution in [0.2, 0.25) is 0 Å². The monoisotopic (exact) mass is 298 g/mol. The van der Waals surface area contributed by atoms with Crippen LogP contribution >= 0.6 is 11.3 Å². The minimum Gasteiger partial charge on any atom is -0.368 e. The van der Waals surface area contributed by atoms with Crippen LogP contribution in [0.5, 0.6) is 0 Å². The average Bonchev–Trinajstić information content (AvgIpc) is 2.87. The van der Waals surface area contributed by atoms with Crippen molar-refractivity contribution in [3.8, 4) is 0 Å². The summed E-state index contributed by atoms with van der Waals surface area (Å²) in [5.41, 5.74) is 8.30. The Morgan fingerprint density at radius 2 is 2.10 bits per heavy atom. The number of thiophene rings is 1. The molecule has 2 aromatic heterocycles. The molecule has 2 heterocycles. The molecular formula is C16H18N4S. The molecular weight excluding hydrogens is 280 g/mol. The fraction of sp³-hybridized carbons (Fsp3) is 0.250. The maximum Gasteiger partial charge on any atom is 0.223 e. The maximum absolute atomic E-state index is 5.81. The summed E-state index contributed by atoms with van der Waals surface area (Å²) in [6.45, 7) is 4.96. The summed E-state index contributed by atoms with van der Waals surface area (Å²) in [6.07, 6.45) is 0.998. The van der Waals surface area contributed by atoms with Gasteiger partial charge in [-0.3, -0.25) is 0 Å². The smallest absolute Gasteiger partial charge is 0.223 e. The molecule has 0 fully saturated rings. The SMILES string of the molecule is CCc1cc2c(NCc3cccc(C)c3)nc(N)nc2s1. The lowest BCUT2D eigenvalue weighted by Gasteiger charge is -2.08. The number of rotatable bonds is 4. The summed E-state index contributed by atoms with van der Waals surface area (Å²) in [5.74, 6) is 1.13. The second-order valence-electron chi connectivity index (χ2n) is 5.06. The lowest BCUT2D eigenvalue weighted by atomic mass is 10.1. The molecule has 108 valence electrons. The third kappa shape index (κ3) is 2.97. The Bertz CT molecular complexity index is 779. The van der Waals surface area contributed by atoms with Gasteiger partial charge < -0.3 is 11.1 Å². The predicted octanol–water partition coefficient (Wildman–Crippen LogP) is 3.76. The van der Waals surface area contributed by atoms with Gasteiger partial charge in [-0.1, -0.05) is 36.8 Å². The van der Waals surface area contributed by atoms with Crippen molar-refractivity contribution >= 4 is 33.3 Å². The van der Waals surface area contributed by atoms with Gasteiger partial charge in [0, 0.05) is 11.4 Å². The molecule has 1 aromatic carbocycles. The molecule has 0 amide bonds. The minimum atomic E-state index is 0.318. The second-order valence-corrected chi connectivity index (χ2v) is 6.17. The Kier molecular flexibility index (Phi) is 3.75. The van der Waals surface area contributed by atoms with Crippen LogP contribution in [0.15, 0.2) is 30.3 Å². The van der Waals surface area contributed by atoms with Crippen LogP contribution in [-0.2, 0) is 13.0 Å². The van der Waals surface area contributed by atoms with Gasteiger partial charge in [0.15, 0.2) is 0 Å². The lowest BCUT2D eigenvalue weighted by molar-refractivity contribution is 1.10. The fourth-order valence-electron chi connectivity index (χ4n) is 2.30. The Labute approximate surface area is 128 Å². The maximum atomic E-state index is 5.81. The van der Waals surface area contributed by atoms with E-state index in [1.54, 1.807) is 11.3 Å². The number of nitrogen functional groups attached to an aromatic ring is 1. The van der Waals surface area contributed by atoms with E-state index in [4.69, 9.17) is 5.73 Å². The van der Waals surface area contributed by atoms with E-state index in [1.165, 1.54) is 16.0 Å². The van der Waals surface area contributed by atoms with Crippen LogP contribution in [0.3, 0.4) is 0 Å². The van der Waals surface area contributed by atoms with Gasteiger partial charge in [0.25, 0.3) is 0 Å². The van der Waals surface area contributed by atoms with Crippen molar-refractivity contribution in [2.24, 2.45) is 0 Å². The third-order valence-electron chi connectivity index (χ3n) is 3.35. The topological polar surface area (TPSA) is 63.8 Å². The van der Waals surface area contributed by atoms with Gasteiger partial charge in [-0.15, -0.1) is 11.3 Å². The number of nitrogens with one attached hydrogen (secondary N) is 1. The largest absolute Gasteiger partial charge is 0.368 e. The molecule has 3 aromatic rings. The van der Waals surface area contributed by atoms with Gasteiger partial charge in [0.2, 0.25) is 5.95 Å². The van der Waals surface area contributed by atoms with E-state index >= 15 is 0 Å². The zero-order valence-corrected chi connectivity index (χ0v) is 13.0. The van der Waals surface area contributed by atoms with Crippen LogP contribution in [0, 0.1) is 6.92 Å². The molecule has 0 spiro atoms. The van der Waals surface area contributed by atoms with Gasteiger partial charge in [0.1, 0.15) is 10.6 Å². The number of hydrogen-bond acceptors (Lipinski definition) is 5. The van der Waals surface area contributed by atoms with Gasteiger partial charge in [-0.05, 0) is 25.0 Å². The summed E-state index contributed by atoms with van der Waals surface area (Å²) >= 11 is 1.68. The summed E-state index contributed by atoms with van der Waals surface area (Å²) in [5, 5.41) is 4.44. The van der Waals surface area contributed by atoms with Crippen LogP contribution in [0.25, 0.3) is 10.2 Å². The number of fused-ring (bicyclic) bond motifs is 1. The number of anilines is 2. The number of nitrogens with zero attached hydrogens (tertiary/aromatic N) is 2. The molecule has 0 aliphatic carbocycles. The summed E-state index contributed by atoms with van der Waals surface area (Å²) < 4.78 is 0. The van der Waals surface area contributed by atoms with Crippen molar-refractivity contribution < 1.29 is 0 Å². The van der Waals surface area contributed by atoms with E-state index in [-0.39, 0.29) is 0 Å². The van der Waals surface area contributed by atoms with E-state index < -0.39 is 0 Å². The van der Waals surface area contributed by atoms with E-state index in [0.717, 1.165) is 29.0 Å². The first-order valence-corrected chi connectivity index (χ1v) is 7.82. The molecule has 4 nitrogen and oxygen atoms in total. The first kappa shape index (κ1) is 13.8. The van der Waals surface area contributed by atoms with Crippen LogP contribution in [0.4, 0.5) is 11.8 Å². The molecule has 0 aliphatic rings. The normalized spacial score (nSPS) is 11.0. The molecule has 3 N–H and O–H groups in total. The van der Waals surface area contributed by atoms with Gasteiger partial charge in [0.05, 0.1) is 5.39 Å². The highest BCUT2D eigenvalue weighted by molar-refractivity contribution is 7.18. The first-order chi connectivity index (χ1) is 10.2. The minimum absolute atomic E-state index is 0.318. The Morgan fingerprint density at radius 3 is 2.86 bits per heavy atom. The fourth-order valence-corrected chi connectivity index (χ4v) is 3.28. The molecule has 0 bridgehead atoms. The number of nitrogens with two attached hydrogens (primary N) is 1. The van der Waals surface area contributed by atoms with Crippen molar-refractivity contribution in [2.75, 3.05) is 11.1 Å². The summed E-state index contributed by atoms with van der Waals surface area (Å²) in [6, 6.07) is 10.6. The summed E-state index contributed by atoms with van der Waals surface area (Å²) in [7, 11) is 0. The van der Waals surface area contributed by atoms with E-state index in [0.29, 0.717) is 5.95 Å². The zero-order chi connectivity index (χ0) is 14.8. The molecule has 0 radical (unpaired) electrons. The highest BCUT2D eigenvalue weighted by atomic mass is 32.1. The molecule has 3 rings (SSSR count). The highest BCUT2D eigenvalue weighted by Crippen LogP contribution is 2.30. The molecule has 21 heavy (non-hydrogen) atoms. The molecule has 0 saturated heterocycles. The quantitative estimate of drug-likeness (QED) is 0.770. The van der Waals surface area contributed by atoms with Crippen LogP contribution in [0.1, 0.15) is 22.9 Å². The summed E-state index contributed by atoms with van der Waals surface area (Å²) in [4.78, 5) is 10.9. The van der Waals surface area contributed by atoms with Gasteiger partial charge in [-0.25, -0.2) is 4.98 Å². The third-order valence-corrected chi connectivity index (χ3v) is 4.53. The van der Waals surface area contributed by atoms with Crippen molar-refractivity contribution in [1.29, 1.82) is 0 Å². The Balaban J connectivity index is 1.90. The van der Waals surface area contributed by atoms with Crippen molar-refractivity contribution in [1.82, 2.24) is 9.97 Å². The second kappa shape index (κ2) is 5.69. The molecule has 0 unspecified atom stereocenters. The van der Waals surface area contributed by atoms with Gasteiger partial charge in [-0.2, -0.15) is 4.98 Å². The van der Waals surface area contributed by atoms with E-state index in [9.17, 15) is 0 Å². The zero-order valence-electron chi connectivity index (χ0n) is 12.2. The van der Waals surface area contributed by atoms with Crippen LogP contribution < -0.4 is 11.1 Å². The first-order valence-electron chi connectivity index (χ1n) is 7.01. The van der Waals surface area contributed by atoms with E-state index in [2.05, 4.69) is 59.5 Å². The van der Waals surface area contributed by atoms with E-state index in [1.807, 2.05) is 0 Å². The van der Waals surface area contributed by atoms with Crippen molar-refractivity contribution in [3.63, 3.8) is 0 Å². The molecule has 0 saturated carbocycles. The number of hydrogen-bond donors (Lipinski definition) is 2. The lowest BCUT2D eigenvalue weighted by Crippen LogP contribution is -2.04. The number of aromatic nitrogens is 2. The molecule has 0 atom stereocenters.